The Morgan fingerprint density at radius 3 is 1.45 bits per heavy atom. The van der Waals surface area contributed by atoms with E-state index in [0.29, 0.717) is 13.0 Å². The van der Waals surface area contributed by atoms with Gasteiger partial charge in [0.05, 0.1) is 13.2 Å². The molecule has 0 heterocycles. The van der Waals surface area contributed by atoms with Crippen LogP contribution in [0.1, 0.15) is 168 Å². The minimum atomic E-state index is -0.542. The molecular weight excluding hydrogens is 580 g/mol. The van der Waals surface area contributed by atoms with Crippen molar-refractivity contribution >= 4 is 5.97 Å². The SMILES string of the molecule is CC/C=C\C/C=C\C/C=C\C/C=C\C/C=C\C/C=C\CCCCCCCCC(=O)OC(CO)COCCCCCCCCCCCC. The molecule has 270 valence electrons. The highest BCUT2D eigenvalue weighted by molar-refractivity contribution is 5.69. The van der Waals surface area contributed by atoms with Crippen molar-refractivity contribution in [2.75, 3.05) is 19.8 Å². The summed E-state index contributed by atoms with van der Waals surface area (Å²) in [6, 6.07) is 0. The van der Waals surface area contributed by atoms with Gasteiger partial charge >= 0.3 is 5.97 Å². The third kappa shape index (κ3) is 38.2. The van der Waals surface area contributed by atoms with Crippen LogP contribution in [0.2, 0.25) is 0 Å². The predicted octanol–water partition coefficient (Wildman–Crippen LogP) is 12.6. The average molecular weight is 655 g/mol. The van der Waals surface area contributed by atoms with Gasteiger partial charge in [0.2, 0.25) is 0 Å². The third-order valence-corrected chi connectivity index (χ3v) is 8.05. The number of carbonyl (C=O) groups is 1. The Morgan fingerprint density at radius 2 is 0.957 bits per heavy atom. The maximum absolute atomic E-state index is 12.2. The number of unbranched alkanes of at least 4 members (excludes halogenated alkanes) is 15. The third-order valence-electron chi connectivity index (χ3n) is 8.05. The zero-order valence-corrected chi connectivity index (χ0v) is 30.8. The fraction of sp³-hybridized carbons (Fsp3) is 0.698. The zero-order chi connectivity index (χ0) is 34.1. The minimum absolute atomic E-state index is 0.180. The van der Waals surface area contributed by atoms with Crippen molar-refractivity contribution in [3.05, 3.63) is 72.9 Å². The first-order valence-electron chi connectivity index (χ1n) is 19.5. The van der Waals surface area contributed by atoms with Gasteiger partial charge in [-0.2, -0.15) is 0 Å². The second-order valence-electron chi connectivity index (χ2n) is 12.6. The standard InChI is InChI=1S/C43H74O4/c1-3-5-7-9-11-13-15-16-17-18-19-20-21-22-23-24-25-26-27-28-29-30-32-34-36-38-43(45)47-42(40-44)41-46-39-37-35-33-31-14-12-10-8-6-4-2/h5,7,11,13,16-17,19-20,22-23,25-26,42,44H,3-4,6,8-10,12,14-15,18,21,24,27-41H2,1-2H3/b7-5-,13-11-,17-16-,20-19-,23-22-,26-25-. The highest BCUT2D eigenvalue weighted by Gasteiger charge is 2.13. The molecule has 0 radical (unpaired) electrons. The maximum atomic E-state index is 12.2. The Balaban J connectivity index is 3.54. The summed E-state index contributed by atoms with van der Waals surface area (Å²) < 4.78 is 11.1. The molecule has 0 bridgehead atoms. The van der Waals surface area contributed by atoms with Gasteiger partial charge < -0.3 is 14.6 Å². The first kappa shape index (κ1) is 44.8. The lowest BCUT2D eigenvalue weighted by Gasteiger charge is -2.15. The number of rotatable bonds is 35. The second-order valence-corrected chi connectivity index (χ2v) is 12.6. The van der Waals surface area contributed by atoms with Gasteiger partial charge in [-0.3, -0.25) is 4.79 Å². The van der Waals surface area contributed by atoms with Crippen LogP contribution in [0.3, 0.4) is 0 Å². The number of hydrogen-bond donors (Lipinski definition) is 1. The van der Waals surface area contributed by atoms with E-state index in [1.165, 1.54) is 77.0 Å². The van der Waals surface area contributed by atoms with Crippen LogP contribution in [-0.4, -0.2) is 37.0 Å². The average Bonchev–Trinajstić information content (AvgIpc) is 3.08. The van der Waals surface area contributed by atoms with Gasteiger partial charge in [0.25, 0.3) is 0 Å². The van der Waals surface area contributed by atoms with Gasteiger partial charge in [0.15, 0.2) is 0 Å². The summed E-state index contributed by atoms with van der Waals surface area (Å²) in [5.41, 5.74) is 0. The van der Waals surface area contributed by atoms with Crippen LogP contribution in [-0.2, 0) is 14.3 Å². The molecule has 0 aliphatic carbocycles. The van der Waals surface area contributed by atoms with Gasteiger partial charge in [-0.05, 0) is 64.2 Å². The van der Waals surface area contributed by atoms with Gasteiger partial charge in [-0.25, -0.2) is 0 Å². The molecular formula is C43H74O4. The van der Waals surface area contributed by atoms with E-state index in [9.17, 15) is 9.90 Å². The van der Waals surface area contributed by atoms with E-state index in [2.05, 4.69) is 86.8 Å². The predicted molar refractivity (Wildman–Crippen MR) is 205 cm³/mol. The molecule has 0 saturated carbocycles. The van der Waals surface area contributed by atoms with Crippen molar-refractivity contribution in [2.45, 2.75) is 174 Å². The fourth-order valence-electron chi connectivity index (χ4n) is 5.15. The number of allylic oxidation sites excluding steroid dienone is 12. The van der Waals surface area contributed by atoms with Crippen LogP contribution in [0.15, 0.2) is 72.9 Å². The molecule has 4 nitrogen and oxygen atoms in total. The molecule has 1 N–H and O–H groups in total. The summed E-state index contributed by atoms with van der Waals surface area (Å²) in [6.07, 6.45) is 53.7. The molecule has 0 saturated heterocycles. The van der Waals surface area contributed by atoms with Crippen LogP contribution >= 0.6 is 0 Å². The molecule has 0 spiro atoms. The quantitative estimate of drug-likeness (QED) is 0.0420. The lowest BCUT2D eigenvalue weighted by atomic mass is 10.1. The summed E-state index contributed by atoms with van der Waals surface area (Å²) in [6.45, 7) is 5.20. The Bertz CT molecular complexity index is 820. The summed E-state index contributed by atoms with van der Waals surface area (Å²) in [4.78, 5) is 12.2. The van der Waals surface area contributed by atoms with Crippen LogP contribution < -0.4 is 0 Å². The van der Waals surface area contributed by atoms with Gasteiger partial charge in [0.1, 0.15) is 6.10 Å². The van der Waals surface area contributed by atoms with E-state index in [-0.39, 0.29) is 19.2 Å². The van der Waals surface area contributed by atoms with E-state index >= 15 is 0 Å². The molecule has 0 aliphatic heterocycles. The number of ether oxygens (including phenoxy) is 2. The zero-order valence-electron chi connectivity index (χ0n) is 30.8. The number of carbonyl (C=O) groups excluding carboxylic acids is 1. The topological polar surface area (TPSA) is 55.8 Å². The highest BCUT2D eigenvalue weighted by atomic mass is 16.6. The smallest absolute Gasteiger partial charge is 0.306 e. The molecule has 0 fully saturated rings. The Morgan fingerprint density at radius 1 is 0.532 bits per heavy atom. The fourth-order valence-corrected chi connectivity index (χ4v) is 5.15. The lowest BCUT2D eigenvalue weighted by Crippen LogP contribution is -2.27. The molecule has 47 heavy (non-hydrogen) atoms. The summed E-state index contributed by atoms with van der Waals surface area (Å²) in [5.74, 6) is -0.218. The van der Waals surface area contributed by atoms with Gasteiger partial charge in [-0.1, -0.05) is 170 Å². The van der Waals surface area contributed by atoms with Crippen molar-refractivity contribution in [3.63, 3.8) is 0 Å². The van der Waals surface area contributed by atoms with Crippen molar-refractivity contribution in [1.29, 1.82) is 0 Å². The minimum Gasteiger partial charge on any atom is -0.457 e. The van der Waals surface area contributed by atoms with E-state index in [0.717, 1.165) is 70.6 Å². The lowest BCUT2D eigenvalue weighted by molar-refractivity contribution is -0.154. The van der Waals surface area contributed by atoms with E-state index in [1.54, 1.807) is 0 Å². The van der Waals surface area contributed by atoms with Gasteiger partial charge in [0, 0.05) is 13.0 Å². The van der Waals surface area contributed by atoms with Crippen LogP contribution in [0.5, 0.6) is 0 Å². The van der Waals surface area contributed by atoms with Crippen molar-refractivity contribution in [1.82, 2.24) is 0 Å². The normalized spacial score (nSPS) is 13.2. The van der Waals surface area contributed by atoms with E-state index in [1.807, 2.05) is 0 Å². The van der Waals surface area contributed by atoms with E-state index in [4.69, 9.17) is 9.47 Å². The molecule has 0 rings (SSSR count). The number of aliphatic hydroxyl groups excluding tert-OH is 1. The molecule has 0 aromatic carbocycles. The van der Waals surface area contributed by atoms with Crippen LogP contribution in [0, 0.1) is 0 Å². The second kappa shape index (κ2) is 40.0. The monoisotopic (exact) mass is 655 g/mol. The van der Waals surface area contributed by atoms with Gasteiger partial charge in [-0.15, -0.1) is 0 Å². The molecule has 1 unspecified atom stereocenters. The first-order chi connectivity index (χ1) is 23.2. The number of esters is 1. The highest BCUT2D eigenvalue weighted by Crippen LogP contribution is 2.12. The number of aliphatic hydroxyl groups is 1. The molecule has 1 atom stereocenters. The van der Waals surface area contributed by atoms with E-state index < -0.39 is 6.10 Å². The Labute approximate surface area is 291 Å². The maximum Gasteiger partial charge on any atom is 0.306 e. The van der Waals surface area contributed by atoms with Crippen LogP contribution in [0.4, 0.5) is 0 Å². The Kier molecular flexibility index (Phi) is 38.2. The van der Waals surface area contributed by atoms with Crippen LogP contribution in [0.25, 0.3) is 0 Å². The summed E-state index contributed by atoms with van der Waals surface area (Å²) in [5, 5.41) is 9.55. The van der Waals surface area contributed by atoms with Crippen molar-refractivity contribution < 1.29 is 19.4 Å². The molecule has 0 amide bonds. The molecule has 4 heteroatoms. The first-order valence-corrected chi connectivity index (χ1v) is 19.5. The largest absolute Gasteiger partial charge is 0.457 e. The molecule has 0 aromatic heterocycles. The Hall–Kier alpha value is -2.17. The number of hydrogen-bond acceptors (Lipinski definition) is 4. The summed E-state index contributed by atoms with van der Waals surface area (Å²) in [7, 11) is 0. The summed E-state index contributed by atoms with van der Waals surface area (Å²) >= 11 is 0. The van der Waals surface area contributed by atoms with Crippen molar-refractivity contribution in [2.24, 2.45) is 0 Å². The van der Waals surface area contributed by atoms with Crippen molar-refractivity contribution in [3.8, 4) is 0 Å². The molecule has 0 aliphatic rings. The molecule has 0 aromatic rings.